The molecule has 0 unspecified atom stereocenters. The van der Waals surface area contributed by atoms with Gasteiger partial charge in [-0.1, -0.05) is 30.8 Å². The van der Waals surface area contributed by atoms with Crippen LogP contribution in [0.4, 0.5) is 10.2 Å². The normalized spacial score (nSPS) is 15.9. The van der Waals surface area contributed by atoms with Crippen molar-refractivity contribution in [3.8, 4) is 0 Å². The van der Waals surface area contributed by atoms with Crippen molar-refractivity contribution < 1.29 is 13.9 Å². The lowest BCUT2D eigenvalue weighted by atomic mass is 9.82. The Kier molecular flexibility index (Phi) is 5.65. The quantitative estimate of drug-likeness (QED) is 0.463. The van der Waals surface area contributed by atoms with Crippen LogP contribution >= 0.6 is 11.8 Å². The second-order valence-electron chi connectivity index (χ2n) is 5.94. The molecule has 2 N–H and O–H groups in total. The van der Waals surface area contributed by atoms with Crippen LogP contribution in [0.5, 0.6) is 0 Å². The lowest BCUT2D eigenvalue weighted by molar-refractivity contribution is -0.138. The van der Waals surface area contributed by atoms with E-state index in [4.69, 9.17) is 4.74 Å². The number of halogens is 1. The molecule has 8 heteroatoms. The van der Waals surface area contributed by atoms with E-state index < -0.39 is 17.7 Å². The predicted molar refractivity (Wildman–Crippen MR) is 102 cm³/mol. The number of aromatic nitrogens is 2. The van der Waals surface area contributed by atoms with Crippen LogP contribution in [0.2, 0.25) is 0 Å². The molecule has 1 aromatic heterocycles. The Balaban J connectivity index is 2.22. The highest BCUT2D eigenvalue weighted by Crippen LogP contribution is 2.40. The molecule has 142 valence electrons. The van der Waals surface area contributed by atoms with E-state index in [1.165, 1.54) is 23.9 Å². The number of hydrogen-bond donors (Lipinski definition) is 2. The van der Waals surface area contributed by atoms with E-state index in [-0.39, 0.29) is 12.2 Å². The molecule has 2 aromatic rings. The number of hydrogen-bond acceptors (Lipinski definition) is 6. The number of benzene rings is 1. The Morgan fingerprint density at radius 1 is 1.30 bits per heavy atom. The highest BCUT2D eigenvalue weighted by Gasteiger charge is 2.36. The third-order valence-corrected chi connectivity index (χ3v) is 4.96. The van der Waals surface area contributed by atoms with Crippen LogP contribution in [0.25, 0.3) is 0 Å². The number of carbonyl (C=O) groups is 1. The van der Waals surface area contributed by atoms with E-state index in [2.05, 4.69) is 15.3 Å². The zero-order valence-electron chi connectivity index (χ0n) is 15.3. The summed E-state index contributed by atoms with van der Waals surface area (Å²) < 4.78 is 18.6. The maximum atomic E-state index is 13.4. The van der Waals surface area contributed by atoms with Crippen LogP contribution in [0, 0.1) is 5.82 Å². The second-order valence-corrected chi connectivity index (χ2v) is 7.19. The first kappa shape index (κ1) is 19.2. The molecule has 3 rings (SSSR count). The summed E-state index contributed by atoms with van der Waals surface area (Å²) in [6.45, 7) is 5.62. The van der Waals surface area contributed by atoms with Crippen molar-refractivity contribution in [1.82, 2.24) is 9.97 Å². The molecule has 27 heavy (non-hydrogen) atoms. The lowest BCUT2D eigenvalue weighted by Gasteiger charge is -2.28. The van der Waals surface area contributed by atoms with Crippen molar-refractivity contribution in [1.29, 1.82) is 0 Å². The third kappa shape index (κ3) is 3.75. The lowest BCUT2D eigenvalue weighted by Crippen LogP contribution is -2.31. The van der Waals surface area contributed by atoms with Crippen molar-refractivity contribution in [3.63, 3.8) is 0 Å². The molecule has 1 aromatic carbocycles. The number of anilines is 1. The molecular weight excluding hydrogens is 369 g/mol. The van der Waals surface area contributed by atoms with Crippen molar-refractivity contribution in [2.45, 2.75) is 31.8 Å². The van der Waals surface area contributed by atoms with Gasteiger partial charge >= 0.3 is 5.97 Å². The Labute approximate surface area is 160 Å². The van der Waals surface area contributed by atoms with Gasteiger partial charge in [0.1, 0.15) is 11.6 Å². The number of ether oxygens (including phenoxy) is 1. The average Bonchev–Trinajstić information content (AvgIpc) is 2.61. The molecule has 1 aliphatic rings. The smallest absolute Gasteiger partial charge is 0.336 e. The number of esters is 1. The Hall–Kier alpha value is -2.61. The number of aromatic amines is 1. The molecule has 0 spiro atoms. The fraction of sp³-hybridized carbons (Fsp3) is 0.316. The number of H-pyrrole nitrogens is 1. The number of carbonyl (C=O) groups excluding carboxylic acids is 1. The van der Waals surface area contributed by atoms with Crippen LogP contribution in [0.3, 0.4) is 0 Å². The molecule has 6 nitrogen and oxygen atoms in total. The molecule has 0 aliphatic carbocycles. The number of allylic oxidation sites excluding steroid dienone is 1. The van der Waals surface area contributed by atoms with Gasteiger partial charge in [-0.25, -0.2) is 14.2 Å². The molecule has 2 heterocycles. The van der Waals surface area contributed by atoms with Gasteiger partial charge < -0.3 is 15.0 Å². The van der Waals surface area contributed by atoms with Gasteiger partial charge in [0.05, 0.1) is 23.7 Å². The fourth-order valence-electron chi connectivity index (χ4n) is 3.10. The molecule has 0 saturated heterocycles. The second kappa shape index (κ2) is 7.96. The Morgan fingerprint density at radius 3 is 2.63 bits per heavy atom. The van der Waals surface area contributed by atoms with Crippen LogP contribution in [-0.2, 0) is 9.53 Å². The predicted octanol–water partition coefficient (Wildman–Crippen LogP) is 3.42. The molecule has 1 aliphatic heterocycles. The zero-order valence-corrected chi connectivity index (χ0v) is 16.1. The summed E-state index contributed by atoms with van der Waals surface area (Å²) in [7, 11) is 0. The topological polar surface area (TPSA) is 84.1 Å². The molecule has 0 radical (unpaired) electrons. The zero-order chi connectivity index (χ0) is 19.6. The van der Waals surface area contributed by atoms with E-state index in [0.29, 0.717) is 33.4 Å². The van der Waals surface area contributed by atoms with Crippen molar-refractivity contribution in [3.05, 3.63) is 62.8 Å². The molecule has 0 amide bonds. The summed E-state index contributed by atoms with van der Waals surface area (Å²) in [5, 5.41) is 3.56. The third-order valence-electron chi connectivity index (χ3n) is 4.20. The van der Waals surface area contributed by atoms with Gasteiger partial charge in [0.15, 0.2) is 5.16 Å². The van der Waals surface area contributed by atoms with Crippen LogP contribution < -0.4 is 10.9 Å². The molecule has 0 bridgehead atoms. The van der Waals surface area contributed by atoms with Crippen LogP contribution in [0.15, 0.2) is 45.5 Å². The maximum absolute atomic E-state index is 13.4. The monoisotopic (exact) mass is 389 g/mol. The van der Waals surface area contributed by atoms with E-state index in [9.17, 15) is 14.0 Å². The number of rotatable bonds is 5. The largest absolute Gasteiger partial charge is 0.463 e. The summed E-state index contributed by atoms with van der Waals surface area (Å²) in [4.78, 5) is 32.7. The number of nitrogens with one attached hydrogen (secondary N) is 2. The van der Waals surface area contributed by atoms with Gasteiger partial charge in [-0.15, -0.1) is 0 Å². The van der Waals surface area contributed by atoms with E-state index >= 15 is 0 Å². The number of thioether (sulfide) groups is 1. The Bertz CT molecular complexity index is 954. The minimum atomic E-state index is -0.696. The van der Waals surface area contributed by atoms with E-state index in [1.54, 1.807) is 26.0 Å². The van der Waals surface area contributed by atoms with E-state index in [1.807, 2.05) is 6.92 Å². The molecular formula is C19H20FN3O3S. The summed E-state index contributed by atoms with van der Waals surface area (Å²) in [5.74, 6) is -0.458. The average molecular weight is 389 g/mol. The van der Waals surface area contributed by atoms with Crippen molar-refractivity contribution in [2.24, 2.45) is 0 Å². The minimum absolute atomic E-state index is 0.208. The standard InChI is InChI=1S/C19H20FN3O3S/c1-4-26-18(25)13-10(3)21-16-15(17(24)23-19(22-16)27-5-2)14(13)11-6-8-12(20)9-7-11/h6-9,14H,4-5H2,1-3H3,(H2,21,22,23,24)/t14-/m1/s1. The summed E-state index contributed by atoms with van der Waals surface area (Å²) in [6, 6.07) is 5.74. The number of fused-ring (bicyclic) bond motifs is 1. The van der Waals surface area contributed by atoms with Gasteiger partial charge in [-0.05, 0) is 37.3 Å². The minimum Gasteiger partial charge on any atom is -0.463 e. The SMILES string of the molecule is CCOC(=O)C1=C(C)Nc2nc(SCC)[nH]c(=O)c2[C@@H]1c1ccc(F)cc1. The van der Waals surface area contributed by atoms with Gasteiger partial charge in [-0.3, -0.25) is 4.79 Å². The van der Waals surface area contributed by atoms with Crippen LogP contribution in [-0.4, -0.2) is 28.3 Å². The van der Waals surface area contributed by atoms with Gasteiger partial charge in [-0.2, -0.15) is 0 Å². The van der Waals surface area contributed by atoms with Gasteiger partial charge in [0, 0.05) is 5.70 Å². The fourth-order valence-corrected chi connectivity index (χ4v) is 3.70. The molecule has 0 saturated carbocycles. The summed E-state index contributed by atoms with van der Waals surface area (Å²) >= 11 is 1.41. The first-order valence-corrected chi connectivity index (χ1v) is 9.62. The van der Waals surface area contributed by atoms with Gasteiger partial charge in [0.25, 0.3) is 5.56 Å². The first-order valence-electron chi connectivity index (χ1n) is 8.63. The summed E-state index contributed by atoms with van der Waals surface area (Å²) in [5.41, 5.74) is 1.47. The summed E-state index contributed by atoms with van der Waals surface area (Å²) in [6.07, 6.45) is 0. The van der Waals surface area contributed by atoms with Crippen LogP contribution in [0.1, 0.15) is 37.8 Å². The first-order chi connectivity index (χ1) is 13.0. The maximum Gasteiger partial charge on any atom is 0.336 e. The van der Waals surface area contributed by atoms with E-state index in [0.717, 1.165) is 5.75 Å². The number of nitrogens with zero attached hydrogens (tertiary/aromatic N) is 1. The molecule has 0 fully saturated rings. The van der Waals surface area contributed by atoms with Gasteiger partial charge in [0.2, 0.25) is 0 Å². The Morgan fingerprint density at radius 2 is 2.00 bits per heavy atom. The van der Waals surface area contributed by atoms with Crippen molar-refractivity contribution >= 4 is 23.5 Å². The highest BCUT2D eigenvalue weighted by molar-refractivity contribution is 7.99. The molecule has 1 atom stereocenters. The highest BCUT2D eigenvalue weighted by atomic mass is 32.2. The van der Waals surface area contributed by atoms with Crippen molar-refractivity contribution in [2.75, 3.05) is 17.7 Å².